The molecule has 1 N–H and O–H groups in total. The van der Waals surface area contributed by atoms with Gasteiger partial charge >= 0.3 is 21.7 Å². The molecule has 1 aliphatic carbocycles. The van der Waals surface area contributed by atoms with Crippen molar-refractivity contribution >= 4 is 0 Å². The third-order valence-electron chi connectivity index (χ3n) is 5.74. The van der Waals surface area contributed by atoms with Gasteiger partial charge in [0.1, 0.15) is 5.75 Å². The first-order chi connectivity index (χ1) is 10.8. The monoisotopic (exact) mass is 444 g/mol. The zero-order valence-electron chi connectivity index (χ0n) is 18.4. The Morgan fingerprint density at radius 1 is 0.741 bits per heavy atom. The third-order valence-corrected chi connectivity index (χ3v) is 5.74. The number of phenolic OH excluding ortho intramolecular Hbond substituents is 1. The van der Waals surface area contributed by atoms with Crippen molar-refractivity contribution in [3.8, 4) is 5.75 Å². The first-order valence-electron chi connectivity index (χ1n) is 8.99. The van der Waals surface area contributed by atoms with E-state index in [1.165, 1.54) is 27.9 Å². The van der Waals surface area contributed by atoms with Gasteiger partial charge in [0.15, 0.2) is 0 Å². The van der Waals surface area contributed by atoms with Crippen LogP contribution >= 0.6 is 0 Å². The van der Waals surface area contributed by atoms with Gasteiger partial charge in [-0.1, -0.05) is 64.8 Å². The normalized spacial score (nSPS) is 15.3. The quantitative estimate of drug-likeness (QED) is 0.634. The van der Waals surface area contributed by atoms with Crippen LogP contribution in [-0.4, -0.2) is 5.11 Å². The molecule has 0 heterocycles. The fourth-order valence-electron chi connectivity index (χ4n) is 3.70. The van der Waals surface area contributed by atoms with E-state index in [2.05, 4.69) is 81.4 Å². The van der Waals surface area contributed by atoms with Crippen LogP contribution in [0.5, 0.6) is 5.75 Å². The maximum atomic E-state index is 11.1. The van der Waals surface area contributed by atoms with Crippen molar-refractivity contribution in [3.63, 3.8) is 0 Å². The fourth-order valence-corrected chi connectivity index (χ4v) is 3.70. The molecule has 1 aromatic rings. The van der Waals surface area contributed by atoms with Crippen molar-refractivity contribution in [3.05, 3.63) is 51.1 Å². The van der Waals surface area contributed by atoms with Crippen molar-refractivity contribution in [2.24, 2.45) is 0 Å². The summed E-state index contributed by atoms with van der Waals surface area (Å²) in [6.45, 7) is 22.1. The largest absolute Gasteiger partial charge is 2.00 e. The van der Waals surface area contributed by atoms with E-state index in [0.717, 1.165) is 11.1 Å². The van der Waals surface area contributed by atoms with Crippen LogP contribution < -0.4 is 24.8 Å². The summed E-state index contributed by atoms with van der Waals surface area (Å²) in [5.74, 6) is 0.676. The maximum Gasteiger partial charge on any atom is 2.00 e. The van der Waals surface area contributed by atoms with E-state index in [1.54, 1.807) is 0 Å². The molecule has 1 aromatic carbocycles. The van der Waals surface area contributed by atoms with Gasteiger partial charge in [-0.15, -0.1) is 0 Å². The Labute approximate surface area is 193 Å². The van der Waals surface area contributed by atoms with Crippen LogP contribution in [0.1, 0.15) is 91.8 Å². The summed E-state index contributed by atoms with van der Waals surface area (Å²) in [6.07, 6.45) is 0. The number of benzene rings is 1. The number of phenols is 1. The van der Waals surface area contributed by atoms with Gasteiger partial charge in [0, 0.05) is 11.5 Å². The van der Waals surface area contributed by atoms with Crippen LogP contribution in [0.3, 0.4) is 0 Å². The Bertz CT molecular complexity index is 723. The SMILES string of the molecule is CC1=C(C)C(c2cc(C(C)(C)C)cc(C(C)(C)C)c2O)C(C)=C1C.[Cl-].[Cl-].[Ti+2]. The van der Waals surface area contributed by atoms with Crippen molar-refractivity contribution in [1.82, 2.24) is 0 Å². The predicted octanol–water partition coefficient (Wildman–Crippen LogP) is 0.763. The first-order valence-corrected chi connectivity index (χ1v) is 8.99. The Kier molecular flexibility index (Phi) is 10.2. The molecular formula is C23H34Cl2OTi. The molecule has 0 aromatic heterocycles. The summed E-state index contributed by atoms with van der Waals surface area (Å²) in [6, 6.07) is 4.43. The molecule has 0 amide bonds. The summed E-state index contributed by atoms with van der Waals surface area (Å²) in [7, 11) is 0. The van der Waals surface area contributed by atoms with E-state index in [-0.39, 0.29) is 63.3 Å². The van der Waals surface area contributed by atoms with Crippen LogP contribution in [-0.2, 0) is 32.5 Å². The van der Waals surface area contributed by atoms with Crippen LogP contribution in [0.15, 0.2) is 34.4 Å². The second kappa shape index (κ2) is 9.53. The molecular weight excluding hydrogens is 411 g/mol. The zero-order chi connectivity index (χ0) is 18.6. The molecule has 0 saturated carbocycles. The molecule has 27 heavy (non-hydrogen) atoms. The van der Waals surface area contributed by atoms with Crippen LogP contribution in [0, 0.1) is 0 Å². The van der Waals surface area contributed by atoms with Crippen LogP contribution in [0.25, 0.3) is 0 Å². The minimum absolute atomic E-state index is 0. The number of hydrogen-bond acceptors (Lipinski definition) is 1. The van der Waals surface area contributed by atoms with Gasteiger partial charge in [0.25, 0.3) is 0 Å². The minimum Gasteiger partial charge on any atom is -1.00 e. The van der Waals surface area contributed by atoms with Gasteiger partial charge in [-0.2, -0.15) is 0 Å². The molecule has 1 aliphatic rings. The van der Waals surface area contributed by atoms with Crippen LogP contribution in [0.4, 0.5) is 0 Å². The predicted molar refractivity (Wildman–Crippen MR) is 105 cm³/mol. The van der Waals surface area contributed by atoms with Gasteiger partial charge in [-0.25, -0.2) is 0 Å². The number of rotatable bonds is 1. The molecule has 1 nitrogen and oxygen atoms in total. The zero-order valence-corrected chi connectivity index (χ0v) is 21.5. The van der Waals surface area contributed by atoms with E-state index in [0.29, 0.717) is 5.75 Å². The molecule has 0 bridgehead atoms. The third kappa shape index (κ3) is 5.44. The smallest absolute Gasteiger partial charge is 1.00 e. The summed E-state index contributed by atoms with van der Waals surface area (Å²) < 4.78 is 0. The fraction of sp³-hybridized carbons (Fsp3) is 0.565. The van der Waals surface area contributed by atoms with Gasteiger partial charge < -0.3 is 29.9 Å². The molecule has 0 saturated heterocycles. The molecule has 2 rings (SSSR count). The van der Waals surface area contributed by atoms with E-state index in [9.17, 15) is 5.11 Å². The molecule has 0 unspecified atom stereocenters. The molecule has 150 valence electrons. The first kappa shape index (κ1) is 29.0. The van der Waals surface area contributed by atoms with E-state index < -0.39 is 0 Å². The summed E-state index contributed by atoms with van der Waals surface area (Å²) in [4.78, 5) is 0. The molecule has 0 atom stereocenters. The van der Waals surface area contributed by atoms with E-state index in [1.807, 2.05) is 0 Å². The number of halogens is 2. The Balaban J connectivity index is 0. The second-order valence-corrected chi connectivity index (χ2v) is 9.51. The van der Waals surface area contributed by atoms with Crippen molar-refractivity contribution in [2.45, 2.75) is 86.0 Å². The van der Waals surface area contributed by atoms with Crippen molar-refractivity contribution in [1.29, 1.82) is 0 Å². The van der Waals surface area contributed by atoms with Gasteiger partial charge in [-0.05, 0) is 60.8 Å². The van der Waals surface area contributed by atoms with E-state index >= 15 is 0 Å². The maximum absolute atomic E-state index is 11.1. The van der Waals surface area contributed by atoms with Crippen molar-refractivity contribution < 1.29 is 51.6 Å². The van der Waals surface area contributed by atoms with E-state index in [4.69, 9.17) is 0 Å². The Morgan fingerprint density at radius 3 is 1.48 bits per heavy atom. The number of aromatic hydroxyl groups is 1. The summed E-state index contributed by atoms with van der Waals surface area (Å²) in [5.41, 5.74) is 8.86. The summed E-state index contributed by atoms with van der Waals surface area (Å²) in [5, 5.41) is 11.1. The number of allylic oxidation sites excluding steroid dienone is 4. The molecule has 0 fully saturated rings. The average molecular weight is 445 g/mol. The van der Waals surface area contributed by atoms with Crippen LogP contribution in [0.2, 0.25) is 0 Å². The molecule has 0 spiro atoms. The topological polar surface area (TPSA) is 20.2 Å². The van der Waals surface area contributed by atoms with Gasteiger partial charge in [0.05, 0.1) is 0 Å². The average Bonchev–Trinajstić information content (AvgIpc) is 2.61. The molecule has 0 aliphatic heterocycles. The number of hydrogen-bond donors (Lipinski definition) is 1. The standard InChI is InChI=1S/C23H34O.2ClH.Ti/c1-13-14(2)16(4)20(15(13)3)18-11-17(22(5,6)7)12-19(21(18)24)23(8,9)10;;;/h11-12,20,24H,1-10H3;2*1H;/q;;;+2/p-2. The Hall–Kier alpha value is -0.206. The molecule has 4 heteroatoms. The summed E-state index contributed by atoms with van der Waals surface area (Å²) >= 11 is 0. The Morgan fingerprint density at radius 2 is 1.15 bits per heavy atom. The van der Waals surface area contributed by atoms with Gasteiger partial charge in [0.2, 0.25) is 0 Å². The van der Waals surface area contributed by atoms with Gasteiger partial charge in [-0.3, -0.25) is 0 Å². The second-order valence-electron chi connectivity index (χ2n) is 9.51. The van der Waals surface area contributed by atoms with Crippen molar-refractivity contribution in [2.75, 3.05) is 0 Å². The molecule has 0 radical (unpaired) electrons. The minimum atomic E-state index is -0.0853.